The number of rotatable bonds is 5. The number of urea groups is 1. The van der Waals surface area contributed by atoms with Gasteiger partial charge in [0.15, 0.2) is 0 Å². The summed E-state index contributed by atoms with van der Waals surface area (Å²) in [7, 11) is 0. The van der Waals surface area contributed by atoms with Crippen LogP contribution in [0.1, 0.15) is 32.9 Å². The third-order valence-corrected chi connectivity index (χ3v) is 4.92. The maximum atomic E-state index is 12.0. The van der Waals surface area contributed by atoms with E-state index in [1.807, 2.05) is 55.7 Å². The average Bonchev–Trinajstić information content (AvgIpc) is 2.97. The van der Waals surface area contributed by atoms with Crippen LogP contribution in [-0.4, -0.2) is 27.9 Å². The van der Waals surface area contributed by atoms with Crippen molar-refractivity contribution in [3.63, 3.8) is 0 Å². The van der Waals surface area contributed by atoms with Crippen molar-refractivity contribution in [2.45, 2.75) is 20.8 Å². The van der Waals surface area contributed by atoms with Crippen LogP contribution in [0.25, 0.3) is 5.69 Å². The molecule has 0 aliphatic carbocycles. The van der Waals surface area contributed by atoms with E-state index in [2.05, 4.69) is 15.8 Å². The Labute approximate surface area is 179 Å². The number of hydrogen-bond acceptors (Lipinski definition) is 3. The number of amides is 2. The molecule has 3 aromatic rings. The SMILES string of the molecule is Cc1ccc(NC(=O)N/N=C/c2cc(C)n(-c3ccc(Cl)c(C(=O)O)c3)c2C)cc1. The Balaban J connectivity index is 1.75. The molecule has 2 aromatic carbocycles. The van der Waals surface area contributed by atoms with Crippen LogP contribution in [-0.2, 0) is 0 Å². The molecular formula is C22H21ClN4O3. The third-order valence-electron chi connectivity index (χ3n) is 4.59. The van der Waals surface area contributed by atoms with Crippen molar-refractivity contribution in [2.75, 3.05) is 5.32 Å². The van der Waals surface area contributed by atoms with Gasteiger partial charge in [0, 0.05) is 28.3 Å². The lowest BCUT2D eigenvalue weighted by Gasteiger charge is -2.11. The number of aromatic nitrogens is 1. The number of aromatic carboxylic acids is 1. The van der Waals surface area contributed by atoms with Gasteiger partial charge < -0.3 is 15.0 Å². The summed E-state index contributed by atoms with van der Waals surface area (Å²) in [6, 6.07) is 13.7. The first-order chi connectivity index (χ1) is 14.3. The van der Waals surface area contributed by atoms with Gasteiger partial charge in [-0.3, -0.25) is 0 Å². The minimum Gasteiger partial charge on any atom is -0.478 e. The number of hydrogen-bond donors (Lipinski definition) is 3. The Kier molecular flexibility index (Phi) is 6.23. The maximum Gasteiger partial charge on any atom is 0.339 e. The summed E-state index contributed by atoms with van der Waals surface area (Å²) in [4.78, 5) is 23.4. The zero-order chi connectivity index (χ0) is 21.8. The number of benzene rings is 2. The van der Waals surface area contributed by atoms with Gasteiger partial charge in [-0.15, -0.1) is 0 Å². The molecule has 0 bridgehead atoms. The van der Waals surface area contributed by atoms with Gasteiger partial charge in [-0.2, -0.15) is 5.10 Å². The minimum absolute atomic E-state index is 0.0336. The van der Waals surface area contributed by atoms with E-state index >= 15 is 0 Å². The van der Waals surface area contributed by atoms with Crippen molar-refractivity contribution in [1.29, 1.82) is 0 Å². The average molecular weight is 425 g/mol. The molecule has 1 aromatic heterocycles. The van der Waals surface area contributed by atoms with E-state index in [0.717, 1.165) is 22.5 Å². The van der Waals surface area contributed by atoms with E-state index in [1.165, 1.54) is 6.07 Å². The Bertz CT molecular complexity index is 1130. The molecule has 1 heterocycles. The molecule has 0 radical (unpaired) electrons. The van der Waals surface area contributed by atoms with Gasteiger partial charge in [0.2, 0.25) is 0 Å². The number of carboxylic acid groups (broad SMARTS) is 1. The van der Waals surface area contributed by atoms with Crippen molar-refractivity contribution in [2.24, 2.45) is 5.10 Å². The van der Waals surface area contributed by atoms with Crippen molar-refractivity contribution in [3.8, 4) is 5.69 Å². The van der Waals surface area contributed by atoms with Gasteiger partial charge in [-0.05, 0) is 57.2 Å². The fourth-order valence-corrected chi connectivity index (χ4v) is 3.29. The molecular weight excluding hydrogens is 404 g/mol. The van der Waals surface area contributed by atoms with Crippen LogP contribution in [0.3, 0.4) is 0 Å². The van der Waals surface area contributed by atoms with Crippen molar-refractivity contribution < 1.29 is 14.7 Å². The van der Waals surface area contributed by atoms with Gasteiger partial charge >= 0.3 is 12.0 Å². The van der Waals surface area contributed by atoms with Crippen LogP contribution in [0.5, 0.6) is 0 Å². The molecule has 154 valence electrons. The number of carbonyl (C=O) groups is 2. The predicted octanol–water partition coefficient (Wildman–Crippen LogP) is 4.91. The first-order valence-electron chi connectivity index (χ1n) is 9.15. The van der Waals surface area contributed by atoms with E-state index in [4.69, 9.17) is 11.6 Å². The highest BCUT2D eigenvalue weighted by atomic mass is 35.5. The second-order valence-electron chi connectivity index (χ2n) is 6.82. The summed E-state index contributed by atoms with van der Waals surface area (Å²) < 4.78 is 1.90. The maximum absolute atomic E-state index is 12.0. The van der Waals surface area contributed by atoms with Gasteiger partial charge in [-0.25, -0.2) is 15.0 Å². The fraction of sp³-hybridized carbons (Fsp3) is 0.136. The highest BCUT2D eigenvalue weighted by Crippen LogP contribution is 2.24. The van der Waals surface area contributed by atoms with Crippen LogP contribution >= 0.6 is 11.6 Å². The van der Waals surface area contributed by atoms with Crippen molar-refractivity contribution in [1.82, 2.24) is 9.99 Å². The van der Waals surface area contributed by atoms with E-state index < -0.39 is 12.0 Å². The Morgan fingerprint density at radius 3 is 2.43 bits per heavy atom. The molecule has 0 fully saturated rings. The summed E-state index contributed by atoms with van der Waals surface area (Å²) in [5, 5.41) is 16.2. The molecule has 30 heavy (non-hydrogen) atoms. The van der Waals surface area contributed by atoms with Gasteiger partial charge in [-0.1, -0.05) is 29.3 Å². The highest BCUT2D eigenvalue weighted by Gasteiger charge is 2.14. The summed E-state index contributed by atoms with van der Waals surface area (Å²) in [6.45, 7) is 5.75. The standard InChI is InChI=1S/C22H21ClN4O3/c1-13-4-6-17(7-5-13)25-22(30)26-24-12-16-10-14(2)27(15(16)3)18-8-9-20(23)19(11-18)21(28)29/h4-12H,1-3H3,(H,28,29)(H2,25,26,30)/b24-12+. The van der Waals surface area contributed by atoms with Crippen LogP contribution < -0.4 is 10.7 Å². The van der Waals surface area contributed by atoms with Gasteiger partial charge in [0.25, 0.3) is 0 Å². The van der Waals surface area contributed by atoms with Crippen LogP contribution in [0.4, 0.5) is 10.5 Å². The second-order valence-corrected chi connectivity index (χ2v) is 7.23. The fourth-order valence-electron chi connectivity index (χ4n) is 3.09. The Morgan fingerprint density at radius 2 is 1.77 bits per heavy atom. The normalized spacial score (nSPS) is 10.9. The molecule has 0 spiro atoms. The van der Waals surface area contributed by atoms with E-state index in [9.17, 15) is 14.7 Å². The summed E-state index contributed by atoms with van der Waals surface area (Å²) in [5.74, 6) is -1.09. The van der Waals surface area contributed by atoms with Gasteiger partial charge in [0.05, 0.1) is 16.8 Å². The number of carbonyl (C=O) groups excluding carboxylic acids is 1. The summed E-state index contributed by atoms with van der Waals surface area (Å²) >= 11 is 5.97. The first-order valence-corrected chi connectivity index (χ1v) is 9.53. The lowest BCUT2D eigenvalue weighted by Crippen LogP contribution is -2.24. The second kappa shape index (κ2) is 8.84. The summed E-state index contributed by atoms with van der Waals surface area (Å²) in [6.07, 6.45) is 1.54. The number of hydrazone groups is 1. The molecule has 0 aliphatic heterocycles. The molecule has 2 amide bonds. The van der Waals surface area contributed by atoms with Crippen LogP contribution in [0, 0.1) is 20.8 Å². The molecule has 7 nitrogen and oxygen atoms in total. The highest BCUT2D eigenvalue weighted by molar-refractivity contribution is 6.33. The number of halogens is 1. The monoisotopic (exact) mass is 424 g/mol. The van der Waals surface area contributed by atoms with E-state index in [1.54, 1.807) is 18.3 Å². The molecule has 0 aliphatic rings. The number of carboxylic acids is 1. The van der Waals surface area contributed by atoms with E-state index in [0.29, 0.717) is 11.4 Å². The lowest BCUT2D eigenvalue weighted by molar-refractivity contribution is 0.0697. The molecule has 0 saturated heterocycles. The zero-order valence-electron chi connectivity index (χ0n) is 16.7. The number of aryl methyl sites for hydroxylation is 2. The molecule has 0 atom stereocenters. The quantitative estimate of drug-likeness (QED) is 0.401. The zero-order valence-corrected chi connectivity index (χ0v) is 17.5. The smallest absolute Gasteiger partial charge is 0.339 e. The van der Waals surface area contributed by atoms with E-state index in [-0.39, 0.29) is 10.6 Å². The van der Waals surface area contributed by atoms with Gasteiger partial charge in [0.1, 0.15) is 0 Å². The number of anilines is 1. The summed E-state index contributed by atoms with van der Waals surface area (Å²) in [5.41, 5.74) is 7.44. The predicted molar refractivity (Wildman–Crippen MR) is 118 cm³/mol. The molecule has 3 N–H and O–H groups in total. The first kappa shape index (κ1) is 21.1. The number of nitrogens with one attached hydrogen (secondary N) is 2. The largest absolute Gasteiger partial charge is 0.478 e. The Morgan fingerprint density at radius 1 is 1.07 bits per heavy atom. The molecule has 0 saturated carbocycles. The number of nitrogens with zero attached hydrogens (tertiary/aromatic N) is 2. The molecule has 3 rings (SSSR count). The van der Waals surface area contributed by atoms with Crippen LogP contribution in [0.15, 0.2) is 53.6 Å². The Hall–Kier alpha value is -3.58. The minimum atomic E-state index is -1.09. The topological polar surface area (TPSA) is 95.7 Å². The van der Waals surface area contributed by atoms with Crippen molar-refractivity contribution in [3.05, 3.63) is 81.6 Å². The molecule has 0 unspecified atom stereocenters. The third kappa shape index (κ3) is 4.69. The molecule has 8 heteroatoms. The van der Waals surface area contributed by atoms with Crippen molar-refractivity contribution >= 4 is 35.5 Å². The van der Waals surface area contributed by atoms with Crippen LogP contribution in [0.2, 0.25) is 5.02 Å². The lowest BCUT2D eigenvalue weighted by atomic mass is 10.2.